The summed E-state index contributed by atoms with van der Waals surface area (Å²) >= 11 is 1.58. The van der Waals surface area contributed by atoms with Crippen LogP contribution in [0.4, 0.5) is 10.6 Å². The lowest BCUT2D eigenvalue weighted by atomic mass is 10.1. The lowest BCUT2D eigenvalue weighted by Gasteiger charge is -2.38. The third-order valence-electron chi connectivity index (χ3n) is 7.51. The molecule has 8 heteroatoms. The highest BCUT2D eigenvalue weighted by molar-refractivity contribution is 7.13. The number of carbonyl (C=O) groups excluding carboxylic acids is 2. The second kappa shape index (κ2) is 7.74. The van der Waals surface area contributed by atoms with E-state index in [9.17, 15) is 9.59 Å². The van der Waals surface area contributed by atoms with Gasteiger partial charge in [0.05, 0.1) is 4.70 Å². The standard InChI is InChI=1S/C23H29N5O2S/c29-21-15-17-13-16-14-19(16)28(17)23(30)27(21)8-4-3-7-25-9-11-26(12-10-25)22-18-5-1-2-6-20(18)31-24-22/h1-2,5-6,16-17,19H,3-4,7-15H2. The van der Waals surface area contributed by atoms with Crippen LogP contribution in [0.5, 0.6) is 0 Å². The van der Waals surface area contributed by atoms with E-state index in [4.69, 9.17) is 4.37 Å². The number of benzene rings is 1. The van der Waals surface area contributed by atoms with Crippen LogP contribution in [0.1, 0.15) is 32.1 Å². The number of hydrogen-bond donors (Lipinski definition) is 0. The molecule has 1 aromatic carbocycles. The maximum Gasteiger partial charge on any atom is 0.327 e. The molecule has 0 N–H and O–H groups in total. The molecule has 0 radical (unpaired) electrons. The smallest absolute Gasteiger partial charge is 0.327 e. The number of amides is 3. The number of fused-ring (bicyclic) bond motifs is 4. The highest BCUT2D eigenvalue weighted by atomic mass is 32.1. The summed E-state index contributed by atoms with van der Waals surface area (Å²) in [5.74, 6) is 1.83. The van der Waals surface area contributed by atoms with Gasteiger partial charge in [-0.1, -0.05) is 12.1 Å². The van der Waals surface area contributed by atoms with Crippen molar-refractivity contribution in [2.75, 3.05) is 44.2 Å². The summed E-state index contributed by atoms with van der Waals surface area (Å²) in [6.45, 7) is 5.66. The van der Waals surface area contributed by atoms with Crippen LogP contribution in [-0.2, 0) is 4.79 Å². The van der Waals surface area contributed by atoms with E-state index in [1.807, 2.05) is 4.90 Å². The van der Waals surface area contributed by atoms with Crippen LogP contribution in [0.25, 0.3) is 10.1 Å². The minimum absolute atomic E-state index is 0.0182. The van der Waals surface area contributed by atoms with E-state index in [1.165, 1.54) is 15.0 Å². The van der Waals surface area contributed by atoms with Gasteiger partial charge in [-0.25, -0.2) is 4.79 Å². The zero-order valence-electron chi connectivity index (χ0n) is 17.8. The topological polar surface area (TPSA) is 60.0 Å². The summed E-state index contributed by atoms with van der Waals surface area (Å²) in [6, 6.07) is 9.05. The lowest BCUT2D eigenvalue weighted by molar-refractivity contribution is -0.132. The van der Waals surface area contributed by atoms with Crippen LogP contribution in [0, 0.1) is 5.92 Å². The van der Waals surface area contributed by atoms with E-state index in [0.717, 1.165) is 64.2 Å². The zero-order valence-corrected chi connectivity index (χ0v) is 18.6. The fourth-order valence-electron chi connectivity index (χ4n) is 5.71. The van der Waals surface area contributed by atoms with Crippen molar-refractivity contribution >= 4 is 39.4 Å². The summed E-state index contributed by atoms with van der Waals surface area (Å²) < 4.78 is 5.94. The van der Waals surface area contributed by atoms with Gasteiger partial charge in [0, 0.05) is 56.6 Å². The van der Waals surface area contributed by atoms with E-state index >= 15 is 0 Å². The third kappa shape index (κ3) is 3.49. The number of piperazine rings is 1. The SMILES string of the molecule is O=C1CC2CC3CC3N2C(=O)N1CCCCN1CCN(c2nsc3ccccc23)CC1. The van der Waals surface area contributed by atoms with Crippen LogP contribution in [0.15, 0.2) is 24.3 Å². The van der Waals surface area contributed by atoms with Gasteiger partial charge in [0.1, 0.15) is 5.82 Å². The average molecular weight is 440 g/mol. The fraction of sp³-hybridized carbons (Fsp3) is 0.609. The number of nitrogens with zero attached hydrogens (tertiary/aromatic N) is 5. The largest absolute Gasteiger partial charge is 0.353 e. The van der Waals surface area contributed by atoms with E-state index in [1.54, 1.807) is 11.5 Å². The molecule has 3 aliphatic heterocycles. The predicted octanol–water partition coefficient (Wildman–Crippen LogP) is 3.01. The summed E-state index contributed by atoms with van der Waals surface area (Å²) in [5.41, 5.74) is 0. The van der Waals surface area contributed by atoms with Gasteiger partial charge in [-0.2, -0.15) is 4.37 Å². The molecule has 0 bridgehead atoms. The molecule has 31 heavy (non-hydrogen) atoms. The maximum atomic E-state index is 12.8. The normalized spacial score (nSPS) is 28.4. The van der Waals surface area contributed by atoms with Gasteiger partial charge in [0.15, 0.2) is 0 Å². The molecule has 3 unspecified atom stereocenters. The van der Waals surface area contributed by atoms with Crippen LogP contribution in [0.3, 0.4) is 0 Å². The lowest BCUT2D eigenvalue weighted by Crippen LogP contribution is -2.56. The Morgan fingerprint density at radius 3 is 2.68 bits per heavy atom. The first kappa shape index (κ1) is 19.5. The molecule has 0 spiro atoms. The second-order valence-electron chi connectivity index (χ2n) is 9.43. The van der Waals surface area contributed by atoms with Gasteiger partial charge in [-0.3, -0.25) is 14.6 Å². The molecule has 6 rings (SSSR count). The predicted molar refractivity (Wildman–Crippen MR) is 121 cm³/mol. The van der Waals surface area contributed by atoms with Crippen LogP contribution < -0.4 is 4.90 Å². The van der Waals surface area contributed by atoms with Crippen molar-refractivity contribution in [1.82, 2.24) is 19.1 Å². The Labute approximate surface area is 186 Å². The first-order chi connectivity index (χ1) is 15.2. The Balaban J connectivity index is 0.963. The maximum absolute atomic E-state index is 12.8. The second-order valence-corrected chi connectivity index (χ2v) is 10.2. The van der Waals surface area contributed by atoms with Crippen molar-refractivity contribution in [3.8, 4) is 0 Å². The molecule has 164 valence electrons. The van der Waals surface area contributed by atoms with Gasteiger partial charge in [-0.15, -0.1) is 0 Å². The number of piperidine rings is 1. The number of carbonyl (C=O) groups is 2. The van der Waals surface area contributed by atoms with Gasteiger partial charge in [0.25, 0.3) is 0 Å². The van der Waals surface area contributed by atoms with E-state index in [2.05, 4.69) is 34.1 Å². The van der Waals surface area contributed by atoms with Crippen molar-refractivity contribution < 1.29 is 9.59 Å². The molecule has 3 amide bonds. The average Bonchev–Trinajstić information content (AvgIpc) is 3.24. The summed E-state index contributed by atoms with van der Waals surface area (Å²) in [4.78, 5) is 33.7. The number of anilines is 1. The Bertz CT molecular complexity index is 1000. The number of unbranched alkanes of at least 4 members (excludes halogenated alkanes) is 1. The van der Waals surface area contributed by atoms with Crippen molar-refractivity contribution in [1.29, 1.82) is 0 Å². The molecule has 4 heterocycles. The first-order valence-electron chi connectivity index (χ1n) is 11.6. The third-order valence-corrected chi connectivity index (χ3v) is 8.33. The highest BCUT2D eigenvalue weighted by Gasteiger charge is 2.57. The van der Waals surface area contributed by atoms with E-state index in [-0.39, 0.29) is 18.0 Å². The molecule has 1 aromatic heterocycles. The molecule has 1 saturated carbocycles. The Morgan fingerprint density at radius 2 is 1.81 bits per heavy atom. The van der Waals surface area contributed by atoms with Crippen molar-refractivity contribution in [3.05, 3.63) is 24.3 Å². The molecule has 7 nitrogen and oxygen atoms in total. The number of urea groups is 1. The van der Waals surface area contributed by atoms with Crippen molar-refractivity contribution in [2.45, 2.75) is 44.2 Å². The van der Waals surface area contributed by atoms with Crippen molar-refractivity contribution in [2.24, 2.45) is 5.92 Å². The summed E-state index contributed by atoms with van der Waals surface area (Å²) in [5, 5.41) is 1.26. The molecule has 3 atom stereocenters. The summed E-state index contributed by atoms with van der Waals surface area (Å²) in [6.07, 6.45) is 4.63. The fourth-order valence-corrected chi connectivity index (χ4v) is 6.50. The van der Waals surface area contributed by atoms with Crippen molar-refractivity contribution in [3.63, 3.8) is 0 Å². The molecular weight excluding hydrogens is 410 g/mol. The minimum atomic E-state index is -0.0182. The van der Waals surface area contributed by atoms with Crippen LogP contribution in [0.2, 0.25) is 0 Å². The number of aromatic nitrogens is 1. The zero-order chi connectivity index (χ0) is 20.9. The molecule has 1 aliphatic carbocycles. The van der Waals surface area contributed by atoms with Gasteiger partial charge in [-0.05, 0) is 61.8 Å². The first-order valence-corrected chi connectivity index (χ1v) is 12.4. The molecular formula is C23H29N5O2S. The van der Waals surface area contributed by atoms with E-state index < -0.39 is 0 Å². The molecule has 4 fully saturated rings. The molecule has 2 aromatic rings. The number of hydrogen-bond acceptors (Lipinski definition) is 6. The summed E-state index contributed by atoms with van der Waals surface area (Å²) in [7, 11) is 0. The van der Waals surface area contributed by atoms with Gasteiger partial charge in [0.2, 0.25) is 5.91 Å². The Hall–Kier alpha value is -2.19. The van der Waals surface area contributed by atoms with Crippen LogP contribution >= 0.6 is 11.5 Å². The number of imide groups is 1. The highest BCUT2D eigenvalue weighted by Crippen LogP contribution is 2.50. The van der Waals surface area contributed by atoms with Gasteiger partial charge >= 0.3 is 6.03 Å². The monoisotopic (exact) mass is 439 g/mol. The van der Waals surface area contributed by atoms with E-state index in [0.29, 0.717) is 24.9 Å². The minimum Gasteiger partial charge on any atom is -0.353 e. The molecule has 4 aliphatic rings. The van der Waals surface area contributed by atoms with Crippen LogP contribution in [-0.4, -0.2) is 82.4 Å². The van der Waals surface area contributed by atoms with Gasteiger partial charge < -0.3 is 9.80 Å². The molecule has 3 saturated heterocycles. The Kier molecular flexibility index (Phi) is 4.87. The quantitative estimate of drug-likeness (QED) is 0.648. The Morgan fingerprint density at radius 1 is 1.00 bits per heavy atom. The number of rotatable bonds is 6.